The van der Waals surface area contributed by atoms with E-state index in [4.69, 9.17) is 4.42 Å². The number of amides is 2. The first-order valence-electron chi connectivity index (χ1n) is 9.44. The van der Waals surface area contributed by atoms with Crippen LogP contribution >= 0.6 is 15.9 Å². The number of carbonyl (C=O) groups excluding carboxylic acids is 2. The molecule has 4 rings (SSSR count). The van der Waals surface area contributed by atoms with Crippen molar-refractivity contribution in [3.63, 3.8) is 0 Å². The first kappa shape index (κ1) is 19.5. The summed E-state index contributed by atoms with van der Waals surface area (Å²) in [5, 5.41) is 0. The monoisotopic (exact) mass is 452 g/mol. The predicted molar refractivity (Wildman–Crippen MR) is 113 cm³/mol. The van der Waals surface area contributed by atoms with Crippen LogP contribution in [0.4, 0.5) is 0 Å². The summed E-state index contributed by atoms with van der Waals surface area (Å²) in [6, 6.07) is 18.5. The number of fused-ring (bicyclic) bond motifs is 1. The Hall–Kier alpha value is -2.86. The zero-order valence-electron chi connectivity index (χ0n) is 16.0. The van der Waals surface area contributed by atoms with Gasteiger partial charge in [0.25, 0.3) is 5.91 Å². The number of rotatable bonds is 4. The molecule has 2 aromatic carbocycles. The Morgan fingerprint density at radius 2 is 1.79 bits per heavy atom. The minimum Gasteiger partial charge on any atom is -0.459 e. The van der Waals surface area contributed by atoms with Gasteiger partial charge in [-0.2, -0.15) is 0 Å². The molecule has 0 N–H and O–H groups in total. The van der Waals surface area contributed by atoms with Gasteiger partial charge in [-0.3, -0.25) is 9.59 Å². The van der Waals surface area contributed by atoms with Gasteiger partial charge in [-0.25, -0.2) is 0 Å². The number of hydrogen-bond donors (Lipinski definition) is 0. The summed E-state index contributed by atoms with van der Waals surface area (Å²) < 4.78 is 6.27. The molecule has 0 spiro atoms. The zero-order chi connectivity index (χ0) is 20.4. The number of furan rings is 1. The van der Waals surface area contributed by atoms with Gasteiger partial charge in [0.1, 0.15) is 6.04 Å². The van der Waals surface area contributed by atoms with E-state index in [1.807, 2.05) is 48.5 Å². The van der Waals surface area contributed by atoms with Crippen LogP contribution in [-0.2, 0) is 24.3 Å². The molecule has 3 aromatic rings. The van der Waals surface area contributed by atoms with Crippen LogP contribution < -0.4 is 0 Å². The molecule has 29 heavy (non-hydrogen) atoms. The van der Waals surface area contributed by atoms with E-state index in [0.717, 1.165) is 21.2 Å². The van der Waals surface area contributed by atoms with Crippen LogP contribution in [-0.4, -0.2) is 34.7 Å². The SMILES string of the molecule is CN(Cc1ccccc1Br)C(=O)C1Cc2ccccc2CN1C(=O)c1ccco1. The molecule has 0 fully saturated rings. The molecular weight excluding hydrogens is 432 g/mol. The number of nitrogens with zero attached hydrogens (tertiary/aromatic N) is 2. The molecule has 2 heterocycles. The quantitative estimate of drug-likeness (QED) is 0.593. The van der Waals surface area contributed by atoms with Gasteiger partial charge in [0, 0.05) is 31.0 Å². The molecule has 0 saturated carbocycles. The van der Waals surface area contributed by atoms with E-state index in [2.05, 4.69) is 15.9 Å². The number of halogens is 1. The van der Waals surface area contributed by atoms with Crippen molar-refractivity contribution in [2.24, 2.45) is 0 Å². The minimum atomic E-state index is -0.574. The van der Waals surface area contributed by atoms with Crippen LogP contribution in [0.25, 0.3) is 0 Å². The summed E-state index contributed by atoms with van der Waals surface area (Å²) in [5.41, 5.74) is 3.18. The minimum absolute atomic E-state index is 0.0878. The fraction of sp³-hybridized carbons (Fsp3) is 0.217. The lowest BCUT2D eigenvalue weighted by molar-refractivity contribution is -0.135. The van der Waals surface area contributed by atoms with Crippen LogP contribution in [0.3, 0.4) is 0 Å². The van der Waals surface area contributed by atoms with Crippen LogP contribution in [0.15, 0.2) is 75.8 Å². The lowest BCUT2D eigenvalue weighted by Gasteiger charge is -2.37. The summed E-state index contributed by atoms with van der Waals surface area (Å²) in [6.07, 6.45) is 1.96. The predicted octanol–water partition coefficient (Wildman–Crippen LogP) is 4.27. The lowest BCUT2D eigenvalue weighted by Crippen LogP contribution is -2.52. The smallest absolute Gasteiger partial charge is 0.290 e. The highest BCUT2D eigenvalue weighted by Gasteiger charge is 2.37. The molecule has 0 bridgehead atoms. The highest BCUT2D eigenvalue weighted by molar-refractivity contribution is 9.10. The van der Waals surface area contributed by atoms with E-state index in [-0.39, 0.29) is 17.6 Å². The molecule has 0 saturated heterocycles. The van der Waals surface area contributed by atoms with E-state index in [0.29, 0.717) is 19.5 Å². The van der Waals surface area contributed by atoms with Gasteiger partial charge in [-0.1, -0.05) is 58.4 Å². The second-order valence-corrected chi connectivity index (χ2v) is 8.04. The van der Waals surface area contributed by atoms with Gasteiger partial charge in [-0.05, 0) is 34.9 Å². The second kappa shape index (κ2) is 8.25. The molecule has 1 aromatic heterocycles. The van der Waals surface area contributed by atoms with Crippen molar-refractivity contribution in [3.8, 4) is 0 Å². The van der Waals surface area contributed by atoms with E-state index >= 15 is 0 Å². The van der Waals surface area contributed by atoms with Gasteiger partial charge in [0.2, 0.25) is 5.91 Å². The van der Waals surface area contributed by atoms with Gasteiger partial charge >= 0.3 is 0 Å². The number of likely N-dealkylation sites (N-methyl/N-ethyl adjacent to an activating group) is 1. The molecule has 0 aliphatic carbocycles. The number of carbonyl (C=O) groups is 2. The third kappa shape index (κ3) is 3.98. The summed E-state index contributed by atoms with van der Waals surface area (Å²) >= 11 is 3.54. The van der Waals surface area contributed by atoms with E-state index in [9.17, 15) is 9.59 Å². The normalized spacial score (nSPS) is 15.7. The van der Waals surface area contributed by atoms with E-state index in [1.54, 1.807) is 29.0 Å². The Labute approximate surface area is 178 Å². The molecule has 2 amide bonds. The third-order valence-electron chi connectivity index (χ3n) is 5.27. The molecule has 1 aliphatic heterocycles. The molecule has 1 atom stereocenters. The van der Waals surface area contributed by atoms with Crippen molar-refractivity contribution >= 4 is 27.7 Å². The van der Waals surface area contributed by atoms with Gasteiger partial charge < -0.3 is 14.2 Å². The fourth-order valence-corrected chi connectivity index (χ4v) is 4.12. The maximum absolute atomic E-state index is 13.4. The molecule has 1 unspecified atom stereocenters. The Bertz CT molecular complexity index is 1030. The van der Waals surface area contributed by atoms with Crippen LogP contribution in [0.5, 0.6) is 0 Å². The van der Waals surface area contributed by atoms with Crippen LogP contribution in [0.2, 0.25) is 0 Å². The summed E-state index contributed by atoms with van der Waals surface area (Å²) in [5.74, 6) is -0.108. The average Bonchev–Trinajstić information content (AvgIpc) is 3.28. The van der Waals surface area contributed by atoms with Crippen LogP contribution in [0, 0.1) is 0 Å². The molecule has 5 nitrogen and oxygen atoms in total. The van der Waals surface area contributed by atoms with Crippen molar-refractivity contribution in [1.82, 2.24) is 9.80 Å². The molecular formula is C23H21BrN2O3. The zero-order valence-corrected chi connectivity index (χ0v) is 17.6. The third-order valence-corrected chi connectivity index (χ3v) is 6.04. The van der Waals surface area contributed by atoms with E-state index < -0.39 is 6.04 Å². The summed E-state index contributed by atoms with van der Waals surface area (Å²) in [7, 11) is 1.78. The van der Waals surface area contributed by atoms with Gasteiger partial charge in [0.05, 0.1) is 6.26 Å². The Balaban J connectivity index is 1.62. The first-order chi connectivity index (χ1) is 14.0. The number of hydrogen-bond acceptors (Lipinski definition) is 3. The van der Waals surface area contributed by atoms with Crippen molar-refractivity contribution < 1.29 is 14.0 Å². The maximum atomic E-state index is 13.4. The second-order valence-electron chi connectivity index (χ2n) is 7.18. The van der Waals surface area contributed by atoms with Crippen molar-refractivity contribution in [1.29, 1.82) is 0 Å². The first-order valence-corrected chi connectivity index (χ1v) is 10.2. The molecule has 1 aliphatic rings. The standard InChI is InChI=1S/C23H21BrN2O3/c1-25(14-18-9-4-5-10-19(18)24)22(27)20-13-16-7-2-3-8-17(16)15-26(20)23(28)21-11-6-12-29-21/h2-12,20H,13-15H2,1H3. The van der Waals surface area contributed by atoms with Crippen molar-refractivity contribution in [3.05, 3.63) is 93.9 Å². The Morgan fingerprint density at radius 3 is 2.52 bits per heavy atom. The Kier molecular flexibility index (Phi) is 5.53. The molecule has 6 heteroatoms. The largest absolute Gasteiger partial charge is 0.459 e. The maximum Gasteiger partial charge on any atom is 0.290 e. The summed E-state index contributed by atoms with van der Waals surface area (Å²) in [4.78, 5) is 29.8. The fourth-order valence-electron chi connectivity index (χ4n) is 3.71. The Morgan fingerprint density at radius 1 is 1.07 bits per heavy atom. The topological polar surface area (TPSA) is 53.8 Å². The average molecular weight is 453 g/mol. The van der Waals surface area contributed by atoms with Gasteiger partial charge in [0.15, 0.2) is 5.76 Å². The van der Waals surface area contributed by atoms with Crippen LogP contribution in [0.1, 0.15) is 27.2 Å². The lowest BCUT2D eigenvalue weighted by atomic mass is 9.93. The summed E-state index contributed by atoms with van der Waals surface area (Å²) in [6.45, 7) is 0.843. The van der Waals surface area contributed by atoms with Crippen molar-refractivity contribution in [2.75, 3.05) is 7.05 Å². The van der Waals surface area contributed by atoms with Gasteiger partial charge in [-0.15, -0.1) is 0 Å². The molecule has 148 valence electrons. The highest BCUT2D eigenvalue weighted by Crippen LogP contribution is 2.27. The van der Waals surface area contributed by atoms with E-state index in [1.165, 1.54) is 6.26 Å². The number of benzene rings is 2. The molecule has 0 radical (unpaired) electrons. The van der Waals surface area contributed by atoms with Crippen molar-refractivity contribution in [2.45, 2.75) is 25.6 Å². The highest BCUT2D eigenvalue weighted by atomic mass is 79.9.